The predicted molar refractivity (Wildman–Crippen MR) is 68.9 cm³/mol. The summed E-state index contributed by atoms with van der Waals surface area (Å²) >= 11 is 0. The molecule has 3 rings (SSSR count). The Hall–Kier alpha value is -2.17. The number of aryl methyl sites for hydroxylation is 1. The molecular formula is C14H15N3O2. The van der Waals surface area contributed by atoms with Crippen LogP contribution in [-0.2, 0) is 24.2 Å². The average molecular weight is 257 g/mol. The van der Waals surface area contributed by atoms with Gasteiger partial charge in [-0.15, -0.1) is 5.10 Å². The van der Waals surface area contributed by atoms with Crippen molar-refractivity contribution in [2.75, 3.05) is 0 Å². The van der Waals surface area contributed by atoms with Crippen LogP contribution in [0.3, 0.4) is 0 Å². The van der Waals surface area contributed by atoms with Crippen molar-refractivity contribution in [3.63, 3.8) is 0 Å². The van der Waals surface area contributed by atoms with Crippen molar-refractivity contribution < 1.29 is 9.90 Å². The van der Waals surface area contributed by atoms with Gasteiger partial charge in [0.15, 0.2) is 0 Å². The molecule has 0 saturated carbocycles. The molecule has 0 radical (unpaired) electrons. The summed E-state index contributed by atoms with van der Waals surface area (Å²) < 4.78 is 1.82. The van der Waals surface area contributed by atoms with Gasteiger partial charge in [-0.3, -0.25) is 9.48 Å². The molecule has 19 heavy (non-hydrogen) atoms. The second-order valence-electron chi connectivity index (χ2n) is 4.93. The van der Waals surface area contributed by atoms with Gasteiger partial charge in [0, 0.05) is 25.1 Å². The zero-order chi connectivity index (χ0) is 13.2. The molecular weight excluding hydrogens is 242 g/mol. The molecule has 1 heterocycles. The van der Waals surface area contributed by atoms with Crippen LogP contribution in [0.25, 0.3) is 0 Å². The summed E-state index contributed by atoms with van der Waals surface area (Å²) in [6.45, 7) is 0.817. The van der Waals surface area contributed by atoms with Gasteiger partial charge in [-0.05, 0) is 17.5 Å². The quantitative estimate of drug-likeness (QED) is 0.884. The van der Waals surface area contributed by atoms with Crippen LogP contribution in [0, 0.1) is 0 Å². The van der Waals surface area contributed by atoms with Crippen LogP contribution in [-0.4, -0.2) is 26.1 Å². The molecule has 0 amide bonds. The molecule has 1 aromatic heterocycles. The SMILES string of the molecule is O=C(O)CCc1cn(CC2Cc3ccccc32)nn1. The minimum Gasteiger partial charge on any atom is -0.481 e. The summed E-state index contributed by atoms with van der Waals surface area (Å²) in [5.74, 6) is -0.298. The molecule has 1 aromatic carbocycles. The number of hydrogen-bond acceptors (Lipinski definition) is 3. The second kappa shape index (κ2) is 4.84. The first-order chi connectivity index (χ1) is 9.22. The third kappa shape index (κ3) is 2.50. The molecule has 0 spiro atoms. The van der Waals surface area contributed by atoms with Gasteiger partial charge in [-0.2, -0.15) is 0 Å². The van der Waals surface area contributed by atoms with Gasteiger partial charge in [0.05, 0.1) is 12.1 Å². The Labute approximate surface area is 110 Å². The number of hydrogen-bond donors (Lipinski definition) is 1. The number of carbonyl (C=O) groups is 1. The number of benzene rings is 1. The Morgan fingerprint density at radius 2 is 2.26 bits per heavy atom. The minimum atomic E-state index is -0.803. The minimum absolute atomic E-state index is 0.102. The Morgan fingerprint density at radius 3 is 3.05 bits per heavy atom. The van der Waals surface area contributed by atoms with Crippen LogP contribution >= 0.6 is 0 Å². The lowest BCUT2D eigenvalue weighted by Crippen LogP contribution is -2.22. The van der Waals surface area contributed by atoms with Crippen LogP contribution in [0.5, 0.6) is 0 Å². The van der Waals surface area contributed by atoms with E-state index < -0.39 is 5.97 Å². The van der Waals surface area contributed by atoms with E-state index in [1.165, 1.54) is 11.1 Å². The van der Waals surface area contributed by atoms with Gasteiger partial charge in [0.25, 0.3) is 0 Å². The highest BCUT2D eigenvalue weighted by molar-refractivity contribution is 5.66. The van der Waals surface area contributed by atoms with Crippen molar-refractivity contribution in [3.8, 4) is 0 Å². The van der Waals surface area contributed by atoms with E-state index in [-0.39, 0.29) is 6.42 Å². The van der Waals surface area contributed by atoms with Gasteiger partial charge >= 0.3 is 5.97 Å². The number of fused-ring (bicyclic) bond motifs is 1. The summed E-state index contributed by atoms with van der Waals surface area (Å²) in [4.78, 5) is 10.5. The summed E-state index contributed by atoms with van der Waals surface area (Å²) in [5, 5.41) is 16.7. The van der Waals surface area contributed by atoms with Crippen LogP contribution in [0.1, 0.15) is 29.2 Å². The zero-order valence-electron chi connectivity index (χ0n) is 10.5. The molecule has 0 bridgehead atoms. The maximum absolute atomic E-state index is 10.5. The lowest BCUT2D eigenvalue weighted by molar-refractivity contribution is -0.136. The third-order valence-corrected chi connectivity index (χ3v) is 3.55. The lowest BCUT2D eigenvalue weighted by atomic mass is 9.78. The van der Waals surface area contributed by atoms with Crippen LogP contribution in [0.4, 0.5) is 0 Å². The standard InChI is InChI=1S/C14H15N3O2/c18-14(19)6-5-12-9-17(16-15-12)8-11-7-10-3-1-2-4-13(10)11/h1-4,9,11H,5-8H2,(H,18,19). The van der Waals surface area contributed by atoms with E-state index in [0.717, 1.165) is 18.7 Å². The smallest absolute Gasteiger partial charge is 0.303 e. The first-order valence-corrected chi connectivity index (χ1v) is 6.41. The monoisotopic (exact) mass is 257 g/mol. The molecule has 1 atom stereocenters. The van der Waals surface area contributed by atoms with Gasteiger partial charge in [-0.25, -0.2) is 0 Å². The fraction of sp³-hybridized carbons (Fsp3) is 0.357. The Balaban J connectivity index is 1.61. The number of rotatable bonds is 5. The normalized spacial score (nSPS) is 16.7. The summed E-state index contributed by atoms with van der Waals surface area (Å²) in [6.07, 6.45) is 3.48. The Kier molecular flexibility index (Phi) is 3.03. The van der Waals surface area contributed by atoms with Crippen LogP contribution < -0.4 is 0 Å². The largest absolute Gasteiger partial charge is 0.481 e. The number of aliphatic carboxylic acids is 1. The van der Waals surface area contributed by atoms with Crippen molar-refractivity contribution in [1.82, 2.24) is 15.0 Å². The predicted octanol–water partition coefficient (Wildman–Crippen LogP) is 1.64. The second-order valence-corrected chi connectivity index (χ2v) is 4.93. The molecule has 1 aliphatic carbocycles. The molecule has 98 valence electrons. The highest BCUT2D eigenvalue weighted by atomic mass is 16.4. The van der Waals surface area contributed by atoms with Gasteiger partial charge in [0.1, 0.15) is 0 Å². The van der Waals surface area contributed by atoms with E-state index in [1.807, 2.05) is 10.9 Å². The first-order valence-electron chi connectivity index (χ1n) is 6.41. The fourth-order valence-corrected chi connectivity index (χ4v) is 2.53. The van der Waals surface area contributed by atoms with Crippen LogP contribution in [0.2, 0.25) is 0 Å². The maximum Gasteiger partial charge on any atom is 0.303 e. The van der Waals surface area contributed by atoms with E-state index in [2.05, 4.69) is 34.6 Å². The summed E-state index contributed by atoms with van der Waals surface area (Å²) in [7, 11) is 0. The fourth-order valence-electron chi connectivity index (χ4n) is 2.53. The molecule has 0 saturated heterocycles. The van der Waals surface area contributed by atoms with Crippen molar-refractivity contribution >= 4 is 5.97 Å². The van der Waals surface area contributed by atoms with Gasteiger partial charge in [0.2, 0.25) is 0 Å². The van der Waals surface area contributed by atoms with E-state index in [1.54, 1.807) is 0 Å². The molecule has 5 nitrogen and oxygen atoms in total. The van der Waals surface area contributed by atoms with Gasteiger partial charge < -0.3 is 5.11 Å². The molecule has 1 aliphatic rings. The number of carboxylic acid groups (broad SMARTS) is 1. The van der Waals surface area contributed by atoms with Crippen molar-refractivity contribution in [2.24, 2.45) is 0 Å². The molecule has 1 unspecified atom stereocenters. The van der Waals surface area contributed by atoms with Crippen molar-refractivity contribution in [2.45, 2.75) is 31.7 Å². The van der Waals surface area contributed by atoms with E-state index in [0.29, 0.717) is 12.3 Å². The van der Waals surface area contributed by atoms with Gasteiger partial charge in [-0.1, -0.05) is 29.5 Å². The first kappa shape index (κ1) is 11.9. The third-order valence-electron chi connectivity index (χ3n) is 3.55. The van der Waals surface area contributed by atoms with Crippen molar-refractivity contribution in [3.05, 3.63) is 47.3 Å². The molecule has 0 aliphatic heterocycles. The lowest BCUT2D eigenvalue weighted by Gasteiger charge is -2.29. The molecule has 1 N–H and O–H groups in total. The highest BCUT2D eigenvalue weighted by Gasteiger charge is 2.25. The maximum atomic E-state index is 10.5. The molecule has 5 heteroatoms. The number of aromatic nitrogens is 3. The molecule has 2 aromatic rings. The Morgan fingerprint density at radius 1 is 1.42 bits per heavy atom. The molecule has 0 fully saturated rings. The van der Waals surface area contributed by atoms with E-state index >= 15 is 0 Å². The topological polar surface area (TPSA) is 68.0 Å². The average Bonchev–Trinajstić information content (AvgIpc) is 2.81. The van der Waals surface area contributed by atoms with E-state index in [9.17, 15) is 4.79 Å². The number of nitrogens with zero attached hydrogens (tertiary/aromatic N) is 3. The summed E-state index contributed by atoms with van der Waals surface area (Å²) in [5.41, 5.74) is 3.55. The highest BCUT2D eigenvalue weighted by Crippen LogP contribution is 2.35. The van der Waals surface area contributed by atoms with Crippen LogP contribution in [0.15, 0.2) is 30.5 Å². The van der Waals surface area contributed by atoms with E-state index in [4.69, 9.17) is 5.11 Å². The summed E-state index contributed by atoms with van der Waals surface area (Å²) in [6, 6.07) is 8.44. The Bertz CT molecular complexity index is 606. The zero-order valence-corrected chi connectivity index (χ0v) is 10.5. The van der Waals surface area contributed by atoms with Crippen molar-refractivity contribution in [1.29, 1.82) is 0 Å². The number of carboxylic acids is 1.